The van der Waals surface area contributed by atoms with Crippen molar-refractivity contribution in [2.24, 2.45) is 0 Å². The van der Waals surface area contributed by atoms with Gasteiger partial charge in [0.25, 0.3) is 5.91 Å². The highest BCUT2D eigenvalue weighted by molar-refractivity contribution is 6.00. The molecule has 1 aliphatic rings. The number of carbonyl (C=O) groups excluding carboxylic acids is 2. The van der Waals surface area contributed by atoms with Gasteiger partial charge in [-0.3, -0.25) is 4.79 Å². The molecule has 2 amide bonds. The second-order valence-corrected chi connectivity index (χ2v) is 9.47. The highest BCUT2D eigenvalue weighted by atomic mass is 19.1. The lowest BCUT2D eigenvalue weighted by Crippen LogP contribution is -2.50. The summed E-state index contributed by atoms with van der Waals surface area (Å²) < 4.78 is 19.5. The summed E-state index contributed by atoms with van der Waals surface area (Å²) in [5, 5.41) is 22.3. The maximum atomic E-state index is 14.0. The topological polar surface area (TPSA) is 145 Å². The van der Waals surface area contributed by atoms with Crippen molar-refractivity contribution in [2.45, 2.75) is 32.9 Å². The number of hydrogen-bond acceptors (Lipinski definition) is 9. The van der Waals surface area contributed by atoms with Gasteiger partial charge in [-0.1, -0.05) is 0 Å². The lowest BCUT2D eigenvalue weighted by atomic mass is 10.2. The van der Waals surface area contributed by atoms with Gasteiger partial charge in [0, 0.05) is 55.9 Å². The number of rotatable bonds is 4. The number of anilines is 1. The molecular weight excluding hydrogens is 481 g/mol. The number of ether oxygens (including phenoxy) is 1. The fraction of sp³-hybridized carbons (Fsp3) is 0.360. The smallest absolute Gasteiger partial charge is 0.410 e. The Hall–Kier alpha value is -4.53. The predicted molar refractivity (Wildman–Crippen MR) is 131 cm³/mol. The van der Waals surface area contributed by atoms with Crippen molar-refractivity contribution in [3.05, 3.63) is 53.4 Å². The number of aromatic nitrogens is 3. The van der Waals surface area contributed by atoms with E-state index in [2.05, 4.69) is 20.3 Å². The molecule has 0 unspecified atom stereocenters. The van der Waals surface area contributed by atoms with Gasteiger partial charge in [0.1, 0.15) is 29.0 Å². The van der Waals surface area contributed by atoms with Gasteiger partial charge in [0.15, 0.2) is 11.4 Å². The van der Waals surface area contributed by atoms with E-state index >= 15 is 0 Å². The van der Waals surface area contributed by atoms with Gasteiger partial charge in [-0.15, -0.1) is 0 Å². The zero-order valence-corrected chi connectivity index (χ0v) is 20.7. The van der Waals surface area contributed by atoms with E-state index in [0.29, 0.717) is 42.9 Å². The summed E-state index contributed by atoms with van der Waals surface area (Å²) in [6.07, 6.45) is 2.20. The van der Waals surface area contributed by atoms with Gasteiger partial charge < -0.3 is 25.0 Å². The van der Waals surface area contributed by atoms with E-state index in [1.165, 1.54) is 12.4 Å². The molecule has 0 aromatic carbocycles. The number of piperazine rings is 1. The van der Waals surface area contributed by atoms with E-state index in [4.69, 9.17) is 10.00 Å². The Labute approximate surface area is 212 Å². The summed E-state index contributed by atoms with van der Waals surface area (Å²) in [6, 6.07) is 6.09. The van der Waals surface area contributed by atoms with Crippen molar-refractivity contribution in [1.82, 2.24) is 25.2 Å². The molecule has 0 aliphatic carbocycles. The molecule has 1 aliphatic heterocycles. The minimum absolute atomic E-state index is 0.0711. The Morgan fingerprint density at radius 3 is 2.57 bits per heavy atom. The maximum absolute atomic E-state index is 14.0. The summed E-state index contributed by atoms with van der Waals surface area (Å²) in [5.74, 6) is -1.07. The molecule has 4 rings (SSSR count). The average molecular weight is 508 g/mol. The van der Waals surface area contributed by atoms with Crippen LogP contribution in [-0.4, -0.2) is 68.7 Å². The lowest BCUT2D eigenvalue weighted by Gasteiger charge is -2.36. The zero-order valence-electron chi connectivity index (χ0n) is 20.7. The molecule has 4 heterocycles. The third-order valence-corrected chi connectivity index (χ3v) is 5.66. The van der Waals surface area contributed by atoms with Crippen LogP contribution in [0.4, 0.5) is 15.0 Å². The van der Waals surface area contributed by atoms with Crippen molar-refractivity contribution in [3.63, 3.8) is 0 Å². The largest absolute Gasteiger partial charge is 0.505 e. The minimum Gasteiger partial charge on any atom is -0.505 e. The van der Waals surface area contributed by atoms with Gasteiger partial charge in [-0.05, 0) is 32.9 Å². The van der Waals surface area contributed by atoms with Crippen LogP contribution in [0.3, 0.4) is 0 Å². The van der Waals surface area contributed by atoms with E-state index in [-0.39, 0.29) is 35.3 Å². The van der Waals surface area contributed by atoms with Crippen molar-refractivity contribution in [2.75, 3.05) is 31.1 Å². The van der Waals surface area contributed by atoms with Crippen LogP contribution in [0.25, 0.3) is 10.9 Å². The standard InChI is InChI=1S/C25H26FN7O4/c1-25(2,3)37-24(36)33-8-6-32(7-9-33)20-5-4-17-19(31-20)14-29-21(22(17)34)23(35)30-13-15-12-28-16(11-27)10-18(15)26/h4-5,10,12,14,34H,6-9,13H2,1-3H3,(H,30,35). The number of amides is 2. The second kappa shape index (κ2) is 10.2. The molecule has 0 bridgehead atoms. The molecule has 0 spiro atoms. The van der Waals surface area contributed by atoms with E-state index in [0.717, 1.165) is 6.07 Å². The molecule has 1 saturated heterocycles. The van der Waals surface area contributed by atoms with Crippen molar-refractivity contribution >= 4 is 28.7 Å². The Balaban J connectivity index is 1.43. The lowest BCUT2D eigenvalue weighted by molar-refractivity contribution is 0.0240. The Bertz CT molecular complexity index is 1390. The van der Waals surface area contributed by atoms with Gasteiger partial charge in [-0.25, -0.2) is 24.1 Å². The molecule has 0 saturated carbocycles. The fourth-order valence-electron chi connectivity index (χ4n) is 3.77. The molecule has 11 nitrogen and oxygen atoms in total. The summed E-state index contributed by atoms with van der Waals surface area (Å²) in [5.41, 5.74) is -0.377. The Morgan fingerprint density at radius 1 is 1.19 bits per heavy atom. The molecule has 192 valence electrons. The summed E-state index contributed by atoms with van der Waals surface area (Å²) >= 11 is 0. The van der Waals surface area contributed by atoms with Crippen molar-refractivity contribution in [3.8, 4) is 11.8 Å². The quantitative estimate of drug-likeness (QED) is 0.544. The number of aromatic hydroxyl groups is 1. The van der Waals surface area contributed by atoms with Crippen molar-refractivity contribution < 1.29 is 23.8 Å². The molecule has 37 heavy (non-hydrogen) atoms. The van der Waals surface area contributed by atoms with Crippen LogP contribution in [0, 0.1) is 17.1 Å². The van der Waals surface area contributed by atoms with E-state index in [1.54, 1.807) is 23.1 Å². The summed E-state index contributed by atoms with van der Waals surface area (Å²) in [4.78, 5) is 41.0. The zero-order chi connectivity index (χ0) is 26.7. The number of fused-ring (bicyclic) bond motifs is 1. The highest BCUT2D eigenvalue weighted by Gasteiger charge is 2.26. The minimum atomic E-state index is -0.703. The van der Waals surface area contributed by atoms with Crippen LogP contribution in [0.15, 0.2) is 30.6 Å². The molecule has 0 radical (unpaired) electrons. The van der Waals surface area contributed by atoms with Crippen LogP contribution >= 0.6 is 0 Å². The predicted octanol–water partition coefficient (Wildman–Crippen LogP) is 2.73. The monoisotopic (exact) mass is 507 g/mol. The summed E-state index contributed by atoms with van der Waals surface area (Å²) in [7, 11) is 0. The van der Waals surface area contributed by atoms with E-state index in [9.17, 15) is 19.1 Å². The van der Waals surface area contributed by atoms with E-state index < -0.39 is 17.3 Å². The first-order valence-corrected chi connectivity index (χ1v) is 11.6. The van der Waals surface area contributed by atoms with E-state index in [1.807, 2.05) is 25.7 Å². The second-order valence-electron chi connectivity index (χ2n) is 9.47. The van der Waals surface area contributed by atoms with Crippen LogP contribution in [-0.2, 0) is 11.3 Å². The van der Waals surface area contributed by atoms with Gasteiger partial charge in [0.05, 0.1) is 11.7 Å². The number of carbonyl (C=O) groups is 2. The molecule has 0 atom stereocenters. The first-order chi connectivity index (χ1) is 17.6. The Morgan fingerprint density at radius 2 is 1.92 bits per heavy atom. The number of pyridine rings is 3. The molecular formula is C25H26FN7O4. The van der Waals surface area contributed by atoms with Gasteiger partial charge in [0.2, 0.25) is 0 Å². The summed E-state index contributed by atoms with van der Waals surface area (Å²) in [6.45, 7) is 7.34. The molecule has 3 aromatic rings. The van der Waals surface area contributed by atoms with Gasteiger partial charge in [-0.2, -0.15) is 5.26 Å². The third kappa shape index (κ3) is 5.83. The van der Waals surface area contributed by atoms with Crippen LogP contribution < -0.4 is 10.2 Å². The van der Waals surface area contributed by atoms with Crippen molar-refractivity contribution in [1.29, 1.82) is 5.26 Å². The number of halogens is 1. The number of hydrogen-bond donors (Lipinski definition) is 2. The maximum Gasteiger partial charge on any atom is 0.410 e. The fourth-order valence-corrected chi connectivity index (χ4v) is 3.77. The number of nitrogens with one attached hydrogen (secondary N) is 1. The normalized spacial score (nSPS) is 13.8. The first kappa shape index (κ1) is 25.6. The SMILES string of the molecule is CC(C)(C)OC(=O)N1CCN(c2ccc3c(O)c(C(=O)NCc4cnc(C#N)cc4F)ncc3n2)CC1. The molecule has 3 aromatic heterocycles. The number of nitrogens with zero attached hydrogens (tertiary/aromatic N) is 6. The van der Waals surface area contributed by atoms with Gasteiger partial charge >= 0.3 is 6.09 Å². The van der Waals surface area contributed by atoms with Crippen LogP contribution in [0.5, 0.6) is 5.75 Å². The first-order valence-electron chi connectivity index (χ1n) is 11.6. The molecule has 12 heteroatoms. The Kier molecular flexibility index (Phi) is 7.06. The molecule has 2 N–H and O–H groups in total. The third-order valence-electron chi connectivity index (χ3n) is 5.66. The highest BCUT2D eigenvalue weighted by Crippen LogP contribution is 2.28. The van der Waals surface area contributed by atoms with Crippen LogP contribution in [0.1, 0.15) is 42.5 Å². The average Bonchev–Trinajstić information content (AvgIpc) is 2.87. The number of nitriles is 1. The molecule has 1 fully saturated rings. The van der Waals surface area contributed by atoms with Crippen LogP contribution in [0.2, 0.25) is 0 Å².